The highest BCUT2D eigenvalue weighted by molar-refractivity contribution is 5.48. The smallest absolute Gasteiger partial charge is 0.122 e. The van der Waals surface area contributed by atoms with E-state index in [9.17, 15) is 5.11 Å². The van der Waals surface area contributed by atoms with E-state index in [1.807, 2.05) is 0 Å². The number of hydrogen-bond donors (Lipinski definition) is 1. The van der Waals surface area contributed by atoms with Crippen LogP contribution in [-0.2, 0) is 11.8 Å². The summed E-state index contributed by atoms with van der Waals surface area (Å²) in [6.45, 7) is 12.5. The van der Waals surface area contributed by atoms with Gasteiger partial charge in [-0.15, -0.1) is 0 Å². The van der Waals surface area contributed by atoms with Crippen LogP contribution in [0.1, 0.15) is 81.9 Å². The van der Waals surface area contributed by atoms with Gasteiger partial charge in [0.25, 0.3) is 0 Å². The minimum Gasteiger partial charge on any atom is -0.507 e. The third-order valence-corrected chi connectivity index (χ3v) is 6.61. The fourth-order valence-corrected chi connectivity index (χ4v) is 4.72. The molecule has 0 radical (unpaired) electrons. The summed E-state index contributed by atoms with van der Waals surface area (Å²) in [5.41, 5.74) is 3.78. The van der Waals surface area contributed by atoms with Crippen molar-refractivity contribution in [2.75, 3.05) is 39.8 Å². The van der Waals surface area contributed by atoms with Crippen LogP contribution >= 0.6 is 0 Å². The number of rotatable bonds is 5. The maximum atomic E-state index is 11.0. The summed E-state index contributed by atoms with van der Waals surface area (Å²) in [7, 11) is 2.21. The summed E-state index contributed by atoms with van der Waals surface area (Å²) < 4.78 is 0. The fraction of sp³-hybridized carbons (Fsp3) is 0.750. The second-order valence-electron chi connectivity index (χ2n) is 9.91. The van der Waals surface area contributed by atoms with E-state index in [4.69, 9.17) is 0 Å². The monoisotopic (exact) mass is 372 g/mol. The average molecular weight is 373 g/mol. The van der Waals surface area contributed by atoms with Gasteiger partial charge in [-0.2, -0.15) is 0 Å². The molecule has 0 atom stereocenters. The predicted octanol–water partition coefficient (Wildman–Crippen LogP) is 4.92. The number of phenols is 1. The largest absolute Gasteiger partial charge is 0.507 e. The molecule has 1 N–H and O–H groups in total. The van der Waals surface area contributed by atoms with Crippen LogP contribution in [0.5, 0.6) is 5.75 Å². The molecule has 0 bridgehead atoms. The van der Waals surface area contributed by atoms with Crippen molar-refractivity contribution in [1.82, 2.24) is 9.80 Å². The molecule has 1 saturated heterocycles. The maximum absolute atomic E-state index is 11.0. The highest BCUT2D eigenvalue weighted by atomic mass is 16.3. The van der Waals surface area contributed by atoms with Gasteiger partial charge in [-0.05, 0) is 67.3 Å². The standard InChI is InChI=1S/C24H40N2O/c1-24(2,3)22-18-21(19-9-6-5-7-10-19)17-20(23(22)27)11-8-12-26-15-13-25(4)14-16-26/h17-19,27H,5-16H2,1-4H3. The van der Waals surface area contributed by atoms with Crippen molar-refractivity contribution < 1.29 is 5.11 Å². The molecule has 152 valence electrons. The van der Waals surface area contributed by atoms with Crippen LogP contribution in [0.2, 0.25) is 0 Å². The molecule has 27 heavy (non-hydrogen) atoms. The lowest BCUT2D eigenvalue weighted by molar-refractivity contribution is 0.153. The molecule has 2 fully saturated rings. The minimum atomic E-state index is -0.0129. The van der Waals surface area contributed by atoms with Crippen molar-refractivity contribution in [3.05, 3.63) is 28.8 Å². The predicted molar refractivity (Wildman–Crippen MR) is 115 cm³/mol. The zero-order chi connectivity index (χ0) is 19.4. The van der Waals surface area contributed by atoms with E-state index >= 15 is 0 Å². The summed E-state index contributed by atoms with van der Waals surface area (Å²) in [5.74, 6) is 1.25. The first-order chi connectivity index (χ1) is 12.8. The summed E-state index contributed by atoms with van der Waals surface area (Å²) in [6, 6.07) is 4.65. The molecule has 0 aromatic heterocycles. The molecule has 0 spiro atoms. The second-order valence-corrected chi connectivity index (χ2v) is 9.91. The Labute approximate surface area is 166 Å². The number of piperazine rings is 1. The van der Waals surface area contributed by atoms with Crippen molar-refractivity contribution in [1.29, 1.82) is 0 Å². The maximum Gasteiger partial charge on any atom is 0.122 e. The summed E-state index contributed by atoms with van der Waals surface area (Å²) in [4.78, 5) is 4.98. The Kier molecular flexibility index (Phi) is 6.86. The normalized spacial score (nSPS) is 20.9. The summed E-state index contributed by atoms with van der Waals surface area (Å²) >= 11 is 0. The fourth-order valence-electron chi connectivity index (χ4n) is 4.72. The molecule has 1 heterocycles. The van der Waals surface area contributed by atoms with E-state index in [0.29, 0.717) is 11.7 Å². The van der Waals surface area contributed by atoms with Crippen molar-refractivity contribution >= 4 is 0 Å². The van der Waals surface area contributed by atoms with Crippen LogP contribution < -0.4 is 0 Å². The Morgan fingerprint density at radius 1 is 1.00 bits per heavy atom. The van der Waals surface area contributed by atoms with Gasteiger partial charge in [0.05, 0.1) is 0 Å². The topological polar surface area (TPSA) is 26.7 Å². The molecule has 1 aromatic rings. The minimum absolute atomic E-state index is 0.0129. The Bertz CT molecular complexity index is 606. The number of phenolic OH excluding ortho intramolecular Hbond substituents is 1. The lowest BCUT2D eigenvalue weighted by Gasteiger charge is -2.32. The van der Waals surface area contributed by atoms with E-state index < -0.39 is 0 Å². The molecular formula is C24H40N2O. The Morgan fingerprint density at radius 2 is 1.67 bits per heavy atom. The van der Waals surface area contributed by atoms with Crippen LogP contribution in [0.15, 0.2) is 12.1 Å². The molecule has 0 unspecified atom stereocenters. The van der Waals surface area contributed by atoms with Gasteiger partial charge in [-0.3, -0.25) is 0 Å². The van der Waals surface area contributed by atoms with E-state index in [1.54, 1.807) is 0 Å². The highest BCUT2D eigenvalue weighted by Crippen LogP contribution is 2.40. The third kappa shape index (κ3) is 5.48. The molecule has 1 aliphatic carbocycles. The molecule has 1 aliphatic heterocycles. The van der Waals surface area contributed by atoms with Gasteiger partial charge in [0.2, 0.25) is 0 Å². The van der Waals surface area contributed by atoms with Crippen molar-refractivity contribution in [3.63, 3.8) is 0 Å². The van der Waals surface area contributed by atoms with Crippen molar-refractivity contribution in [2.45, 2.75) is 77.0 Å². The number of benzene rings is 1. The van der Waals surface area contributed by atoms with Crippen LogP contribution in [0, 0.1) is 0 Å². The van der Waals surface area contributed by atoms with E-state index in [0.717, 1.165) is 24.9 Å². The second kappa shape index (κ2) is 8.96. The molecule has 1 aromatic carbocycles. The Balaban J connectivity index is 1.72. The van der Waals surface area contributed by atoms with Crippen LogP contribution in [0.4, 0.5) is 0 Å². The van der Waals surface area contributed by atoms with Crippen molar-refractivity contribution in [3.8, 4) is 5.75 Å². The quantitative estimate of drug-likeness (QED) is 0.795. The molecule has 2 aliphatic rings. The molecule has 3 heteroatoms. The molecule has 0 amide bonds. The van der Waals surface area contributed by atoms with Crippen molar-refractivity contribution in [2.24, 2.45) is 0 Å². The lowest BCUT2D eigenvalue weighted by Crippen LogP contribution is -2.44. The molecule has 3 nitrogen and oxygen atoms in total. The van der Waals surface area contributed by atoms with Gasteiger partial charge in [-0.25, -0.2) is 0 Å². The number of likely N-dealkylation sites (N-methyl/N-ethyl adjacent to an activating group) is 1. The number of hydrogen-bond acceptors (Lipinski definition) is 3. The first-order valence-electron chi connectivity index (χ1n) is 11.1. The van der Waals surface area contributed by atoms with E-state index in [-0.39, 0.29) is 5.41 Å². The van der Waals surface area contributed by atoms with Crippen LogP contribution in [0.3, 0.4) is 0 Å². The van der Waals surface area contributed by atoms with Gasteiger partial charge >= 0.3 is 0 Å². The average Bonchev–Trinajstić information content (AvgIpc) is 2.64. The van der Waals surface area contributed by atoms with Gasteiger partial charge in [0, 0.05) is 26.2 Å². The number of aromatic hydroxyl groups is 1. The molecule has 1 saturated carbocycles. The van der Waals surface area contributed by atoms with Gasteiger partial charge in [0.1, 0.15) is 5.75 Å². The number of aryl methyl sites for hydroxylation is 1. The first kappa shape index (κ1) is 20.7. The van der Waals surface area contributed by atoms with Crippen LogP contribution in [0.25, 0.3) is 0 Å². The SMILES string of the molecule is CN1CCN(CCCc2cc(C3CCCCC3)cc(C(C)(C)C)c2O)CC1. The van der Waals surface area contributed by atoms with Gasteiger partial charge in [-0.1, -0.05) is 52.2 Å². The first-order valence-corrected chi connectivity index (χ1v) is 11.1. The molecular weight excluding hydrogens is 332 g/mol. The Hall–Kier alpha value is -1.06. The molecule has 3 rings (SSSR count). The summed E-state index contributed by atoms with van der Waals surface area (Å²) in [5, 5.41) is 11.0. The summed E-state index contributed by atoms with van der Waals surface area (Å²) in [6.07, 6.45) is 8.85. The number of nitrogens with zero attached hydrogens (tertiary/aromatic N) is 2. The Morgan fingerprint density at radius 3 is 2.30 bits per heavy atom. The lowest BCUT2D eigenvalue weighted by atomic mass is 9.78. The van der Waals surface area contributed by atoms with E-state index in [2.05, 4.69) is 49.8 Å². The van der Waals surface area contributed by atoms with Gasteiger partial charge < -0.3 is 14.9 Å². The van der Waals surface area contributed by atoms with E-state index in [1.165, 1.54) is 69.4 Å². The van der Waals surface area contributed by atoms with Gasteiger partial charge in [0.15, 0.2) is 0 Å². The zero-order valence-corrected chi connectivity index (χ0v) is 18.1. The van der Waals surface area contributed by atoms with Crippen LogP contribution in [-0.4, -0.2) is 54.7 Å². The zero-order valence-electron chi connectivity index (χ0n) is 18.1. The highest BCUT2D eigenvalue weighted by Gasteiger charge is 2.24. The third-order valence-electron chi connectivity index (χ3n) is 6.61.